The maximum absolute atomic E-state index is 14.5. The van der Waals surface area contributed by atoms with Crippen molar-refractivity contribution < 1.29 is 14.3 Å². The fourth-order valence-electron chi connectivity index (χ4n) is 2.32. The normalized spacial score (nSPS) is 10.8. The number of H-pyrrole nitrogens is 1. The first-order chi connectivity index (χ1) is 12.3. The minimum absolute atomic E-state index is 0.0502. The number of nitrogens with zero attached hydrogens (tertiary/aromatic N) is 2. The van der Waals surface area contributed by atoms with E-state index in [4.69, 9.17) is 28.9 Å². The fraction of sp³-hybridized carbons (Fsp3) is 0.0625. The van der Waals surface area contributed by atoms with Crippen LogP contribution in [0.5, 0.6) is 5.75 Å². The summed E-state index contributed by atoms with van der Waals surface area (Å²) in [6, 6.07) is 4.76. The minimum atomic E-state index is -0.780. The maximum Gasteiger partial charge on any atom is 0.259 e. The van der Waals surface area contributed by atoms with Gasteiger partial charge in [-0.25, -0.2) is 9.37 Å². The average Bonchev–Trinajstić information content (AvgIpc) is 2.87. The molecule has 7 nitrogen and oxygen atoms in total. The number of aromatic hydroxyl groups is 1. The molecule has 0 saturated carbocycles. The van der Waals surface area contributed by atoms with Gasteiger partial charge >= 0.3 is 0 Å². The molecule has 134 valence electrons. The highest BCUT2D eigenvalue weighted by atomic mass is 35.5. The molecule has 2 heterocycles. The number of pyridine rings is 1. The van der Waals surface area contributed by atoms with Crippen molar-refractivity contribution in [2.24, 2.45) is 0 Å². The molecule has 0 bridgehead atoms. The first-order valence-corrected chi connectivity index (χ1v) is 7.99. The summed E-state index contributed by atoms with van der Waals surface area (Å²) >= 11 is 11.8. The van der Waals surface area contributed by atoms with E-state index in [1.54, 1.807) is 6.92 Å². The first-order valence-electron chi connectivity index (χ1n) is 7.24. The molecule has 0 atom stereocenters. The van der Waals surface area contributed by atoms with Gasteiger partial charge in [0.05, 0.1) is 17.0 Å². The Bertz CT molecular complexity index is 982. The summed E-state index contributed by atoms with van der Waals surface area (Å²) in [6.45, 7) is 1.62. The second-order valence-corrected chi connectivity index (χ2v) is 6.21. The van der Waals surface area contributed by atoms with E-state index in [1.165, 1.54) is 12.1 Å². The Morgan fingerprint density at radius 3 is 2.65 bits per heavy atom. The standard InChI is InChI=1S/C16H12Cl2FN5O2/c1-6-14(15(18)24-23-6)22-16(26)9-4-10(19)8(5-12(9)25)11-2-7(17)3-13(20)21-11/h2-5,25H,1H3,(H2,20,21)(H,22,26)(H,23,24). The molecule has 1 amide bonds. The number of carbonyl (C=O) groups excluding carboxylic acids is 1. The van der Waals surface area contributed by atoms with Crippen LogP contribution >= 0.6 is 23.2 Å². The lowest BCUT2D eigenvalue weighted by Gasteiger charge is -2.10. The minimum Gasteiger partial charge on any atom is -0.507 e. The number of rotatable bonds is 3. The van der Waals surface area contributed by atoms with Crippen LogP contribution in [0.15, 0.2) is 24.3 Å². The number of aryl methyl sites for hydroxylation is 1. The Labute approximate surface area is 157 Å². The van der Waals surface area contributed by atoms with Gasteiger partial charge < -0.3 is 16.2 Å². The van der Waals surface area contributed by atoms with Gasteiger partial charge in [-0.2, -0.15) is 5.10 Å². The number of anilines is 2. The molecule has 0 saturated heterocycles. The van der Waals surface area contributed by atoms with Crippen LogP contribution in [0.25, 0.3) is 11.3 Å². The number of aromatic nitrogens is 3. The summed E-state index contributed by atoms with van der Waals surface area (Å²) in [5.41, 5.74) is 6.08. The Hall–Kier alpha value is -2.84. The molecular weight excluding hydrogens is 384 g/mol. The number of nitrogens with two attached hydrogens (primary N) is 1. The Morgan fingerprint density at radius 1 is 1.31 bits per heavy atom. The molecule has 0 spiro atoms. The summed E-state index contributed by atoms with van der Waals surface area (Å²) in [4.78, 5) is 16.3. The van der Waals surface area contributed by atoms with E-state index >= 15 is 0 Å². The number of phenols is 1. The van der Waals surface area contributed by atoms with Crippen LogP contribution in [0.1, 0.15) is 16.1 Å². The van der Waals surface area contributed by atoms with Crippen LogP contribution in [0.4, 0.5) is 15.9 Å². The quantitative estimate of drug-likeness (QED) is 0.538. The molecule has 1 aromatic carbocycles. The third-order valence-electron chi connectivity index (χ3n) is 3.56. The predicted molar refractivity (Wildman–Crippen MR) is 97.0 cm³/mol. The molecule has 3 aromatic rings. The molecule has 2 aromatic heterocycles. The second kappa shape index (κ2) is 6.81. The third kappa shape index (κ3) is 3.42. The van der Waals surface area contributed by atoms with Gasteiger partial charge in [-0.1, -0.05) is 23.2 Å². The molecule has 26 heavy (non-hydrogen) atoms. The lowest BCUT2D eigenvalue weighted by atomic mass is 10.1. The molecule has 0 fully saturated rings. The highest BCUT2D eigenvalue weighted by Gasteiger charge is 2.20. The van der Waals surface area contributed by atoms with E-state index in [0.717, 1.165) is 12.1 Å². The Kier molecular flexibility index (Phi) is 4.71. The van der Waals surface area contributed by atoms with E-state index in [2.05, 4.69) is 20.5 Å². The SMILES string of the molecule is Cc1n[nH]c(Cl)c1NC(=O)c1cc(F)c(-c2cc(Cl)cc(N)n2)cc1O. The number of phenolic OH excluding ortho intramolecular Hbond substituents is 1. The number of aromatic amines is 1. The molecule has 3 rings (SSSR count). The molecule has 0 aliphatic heterocycles. The monoisotopic (exact) mass is 395 g/mol. The number of nitrogen functional groups attached to an aromatic ring is 1. The number of carbonyl (C=O) groups is 1. The summed E-state index contributed by atoms with van der Waals surface area (Å²) in [6.07, 6.45) is 0. The molecule has 0 unspecified atom stereocenters. The van der Waals surface area contributed by atoms with Gasteiger partial charge in [0.2, 0.25) is 0 Å². The van der Waals surface area contributed by atoms with E-state index in [0.29, 0.717) is 5.69 Å². The van der Waals surface area contributed by atoms with Gasteiger partial charge in [0, 0.05) is 10.6 Å². The Balaban J connectivity index is 1.98. The van der Waals surface area contributed by atoms with Gasteiger partial charge in [-0.3, -0.25) is 9.89 Å². The molecular formula is C16H12Cl2FN5O2. The second-order valence-electron chi connectivity index (χ2n) is 5.40. The highest BCUT2D eigenvalue weighted by Crippen LogP contribution is 2.32. The van der Waals surface area contributed by atoms with Gasteiger partial charge in [-0.15, -0.1) is 0 Å². The van der Waals surface area contributed by atoms with Gasteiger partial charge in [0.15, 0.2) is 0 Å². The zero-order valence-electron chi connectivity index (χ0n) is 13.3. The molecule has 5 N–H and O–H groups in total. The number of nitrogens with one attached hydrogen (secondary N) is 2. The van der Waals surface area contributed by atoms with E-state index in [-0.39, 0.29) is 38.5 Å². The smallest absolute Gasteiger partial charge is 0.259 e. The summed E-state index contributed by atoms with van der Waals surface area (Å²) in [5, 5.41) is 19.4. The lowest BCUT2D eigenvalue weighted by Crippen LogP contribution is -2.13. The van der Waals surface area contributed by atoms with Crippen molar-refractivity contribution >= 4 is 40.6 Å². The van der Waals surface area contributed by atoms with Crippen LogP contribution in [-0.2, 0) is 0 Å². The van der Waals surface area contributed by atoms with Crippen molar-refractivity contribution in [2.75, 3.05) is 11.1 Å². The number of hydrogen-bond acceptors (Lipinski definition) is 5. The van der Waals surface area contributed by atoms with Crippen molar-refractivity contribution in [3.8, 4) is 17.0 Å². The van der Waals surface area contributed by atoms with Crippen molar-refractivity contribution in [1.29, 1.82) is 0 Å². The lowest BCUT2D eigenvalue weighted by molar-refractivity contribution is 0.102. The van der Waals surface area contributed by atoms with Crippen molar-refractivity contribution in [3.63, 3.8) is 0 Å². The van der Waals surface area contributed by atoms with Gasteiger partial charge in [0.25, 0.3) is 5.91 Å². The average molecular weight is 396 g/mol. The van der Waals surface area contributed by atoms with Crippen molar-refractivity contribution in [1.82, 2.24) is 15.2 Å². The van der Waals surface area contributed by atoms with E-state index in [9.17, 15) is 14.3 Å². The van der Waals surface area contributed by atoms with E-state index < -0.39 is 17.5 Å². The summed E-state index contributed by atoms with van der Waals surface area (Å²) in [5.74, 6) is -1.88. The number of halogens is 3. The molecule has 10 heteroatoms. The van der Waals surface area contributed by atoms with Crippen LogP contribution in [-0.4, -0.2) is 26.2 Å². The zero-order valence-corrected chi connectivity index (χ0v) is 14.8. The van der Waals surface area contributed by atoms with Crippen LogP contribution in [0.2, 0.25) is 10.2 Å². The highest BCUT2D eigenvalue weighted by molar-refractivity contribution is 6.33. The predicted octanol–water partition coefficient (Wildman–Crippen LogP) is 3.77. The topological polar surface area (TPSA) is 117 Å². The van der Waals surface area contributed by atoms with Crippen LogP contribution in [0.3, 0.4) is 0 Å². The van der Waals surface area contributed by atoms with Gasteiger partial charge in [0.1, 0.15) is 28.2 Å². The largest absolute Gasteiger partial charge is 0.507 e. The van der Waals surface area contributed by atoms with Crippen LogP contribution < -0.4 is 11.1 Å². The van der Waals surface area contributed by atoms with Crippen molar-refractivity contribution in [3.05, 3.63) is 51.5 Å². The molecule has 0 aliphatic carbocycles. The van der Waals surface area contributed by atoms with Gasteiger partial charge in [-0.05, 0) is 31.2 Å². The number of benzene rings is 1. The molecule has 0 aliphatic rings. The zero-order chi connectivity index (χ0) is 19.0. The van der Waals surface area contributed by atoms with Crippen LogP contribution in [0, 0.1) is 12.7 Å². The maximum atomic E-state index is 14.5. The van der Waals surface area contributed by atoms with Crippen molar-refractivity contribution in [2.45, 2.75) is 6.92 Å². The Morgan fingerprint density at radius 2 is 2.04 bits per heavy atom. The third-order valence-corrected chi connectivity index (χ3v) is 4.05. The fourth-order valence-corrected chi connectivity index (χ4v) is 2.77. The number of hydrogen-bond donors (Lipinski definition) is 4. The number of amides is 1. The summed E-state index contributed by atoms with van der Waals surface area (Å²) < 4.78 is 14.5. The van der Waals surface area contributed by atoms with E-state index in [1.807, 2.05) is 0 Å². The molecule has 0 radical (unpaired) electrons. The first kappa shape index (κ1) is 18.0. The summed E-state index contributed by atoms with van der Waals surface area (Å²) in [7, 11) is 0.